The lowest BCUT2D eigenvalue weighted by Gasteiger charge is -2.45. The van der Waals surface area contributed by atoms with Crippen LogP contribution in [0.15, 0.2) is 24.3 Å². The molecule has 1 amide bonds. The van der Waals surface area contributed by atoms with Gasteiger partial charge in [0.15, 0.2) is 0 Å². The molecule has 3 saturated heterocycles. The van der Waals surface area contributed by atoms with Crippen molar-refractivity contribution in [2.24, 2.45) is 5.92 Å². The zero-order chi connectivity index (χ0) is 13.9. The fourth-order valence-electron chi connectivity index (χ4n) is 3.16. The van der Waals surface area contributed by atoms with Gasteiger partial charge >= 0.3 is 6.09 Å². The maximum Gasteiger partial charge on any atom is 0.411 e. The number of benzene rings is 1. The molecule has 1 atom stereocenters. The van der Waals surface area contributed by atoms with Gasteiger partial charge in [-0.3, -0.25) is 5.32 Å². The van der Waals surface area contributed by atoms with E-state index in [9.17, 15) is 4.79 Å². The van der Waals surface area contributed by atoms with Crippen LogP contribution in [0.5, 0.6) is 0 Å². The maximum atomic E-state index is 11.1. The third kappa shape index (κ3) is 2.88. The van der Waals surface area contributed by atoms with Gasteiger partial charge in [-0.1, -0.05) is 0 Å². The first kappa shape index (κ1) is 13.2. The first-order valence-electron chi connectivity index (χ1n) is 7.18. The summed E-state index contributed by atoms with van der Waals surface area (Å²) in [7, 11) is 1.36. The molecule has 1 aromatic rings. The Balaban J connectivity index is 1.59. The molecule has 3 fully saturated rings. The number of hydrogen-bond acceptors (Lipinski definition) is 4. The molecule has 2 bridgehead atoms. The van der Waals surface area contributed by atoms with Crippen molar-refractivity contribution in [1.29, 1.82) is 0 Å². The monoisotopic (exact) mass is 275 g/mol. The summed E-state index contributed by atoms with van der Waals surface area (Å²) in [6, 6.07) is 8.34. The van der Waals surface area contributed by atoms with Gasteiger partial charge in [-0.2, -0.15) is 0 Å². The van der Waals surface area contributed by atoms with Crippen LogP contribution in [-0.2, 0) is 4.74 Å². The van der Waals surface area contributed by atoms with Gasteiger partial charge in [0.25, 0.3) is 0 Å². The summed E-state index contributed by atoms with van der Waals surface area (Å²) >= 11 is 0. The third-order valence-electron chi connectivity index (χ3n) is 4.32. The van der Waals surface area contributed by atoms with Crippen molar-refractivity contribution in [1.82, 2.24) is 4.90 Å². The molecule has 3 heterocycles. The van der Waals surface area contributed by atoms with Gasteiger partial charge in [-0.05, 0) is 56.1 Å². The zero-order valence-electron chi connectivity index (χ0n) is 11.8. The van der Waals surface area contributed by atoms with Crippen LogP contribution in [0.3, 0.4) is 0 Å². The van der Waals surface area contributed by atoms with E-state index in [4.69, 9.17) is 0 Å². The molecule has 3 aliphatic rings. The number of ether oxygens (including phenoxy) is 1. The van der Waals surface area contributed by atoms with Crippen molar-refractivity contribution >= 4 is 17.5 Å². The van der Waals surface area contributed by atoms with Crippen LogP contribution in [0.25, 0.3) is 0 Å². The Morgan fingerprint density at radius 2 is 1.85 bits per heavy atom. The van der Waals surface area contributed by atoms with E-state index in [0.29, 0.717) is 6.04 Å². The maximum absolute atomic E-state index is 11.1. The first-order valence-corrected chi connectivity index (χ1v) is 7.18. The molecule has 20 heavy (non-hydrogen) atoms. The fourth-order valence-corrected chi connectivity index (χ4v) is 3.16. The molecule has 5 heteroatoms. The lowest BCUT2D eigenvalue weighted by atomic mass is 9.84. The second-order valence-corrected chi connectivity index (χ2v) is 5.58. The second kappa shape index (κ2) is 5.71. The molecule has 0 spiro atoms. The smallest absolute Gasteiger partial charge is 0.411 e. The van der Waals surface area contributed by atoms with Crippen molar-refractivity contribution in [3.8, 4) is 0 Å². The minimum atomic E-state index is -0.442. The summed E-state index contributed by atoms with van der Waals surface area (Å²) in [5.41, 5.74) is 1.86. The number of hydrogen-bond donors (Lipinski definition) is 2. The number of piperidine rings is 3. The number of fused-ring (bicyclic) bond motifs is 3. The summed E-state index contributed by atoms with van der Waals surface area (Å²) in [6.07, 6.45) is 2.17. The summed E-state index contributed by atoms with van der Waals surface area (Å²) in [6.45, 7) is 3.66. The van der Waals surface area contributed by atoms with E-state index in [-0.39, 0.29) is 0 Å². The Labute approximate surface area is 119 Å². The molecule has 108 valence electrons. The van der Waals surface area contributed by atoms with E-state index in [1.807, 2.05) is 24.3 Å². The molecule has 2 N–H and O–H groups in total. The first-order chi connectivity index (χ1) is 9.74. The molecule has 0 saturated carbocycles. The average molecular weight is 275 g/mol. The molecular formula is C15H21N3O2. The molecule has 1 aromatic carbocycles. The Hall–Kier alpha value is -1.75. The molecule has 3 aliphatic heterocycles. The Kier molecular flexibility index (Phi) is 3.78. The van der Waals surface area contributed by atoms with Crippen molar-refractivity contribution in [2.45, 2.75) is 18.9 Å². The van der Waals surface area contributed by atoms with E-state index in [1.54, 1.807) is 0 Å². The lowest BCUT2D eigenvalue weighted by molar-refractivity contribution is 0.0975. The van der Waals surface area contributed by atoms with E-state index in [1.165, 1.54) is 33.0 Å². The van der Waals surface area contributed by atoms with E-state index < -0.39 is 6.09 Å². The van der Waals surface area contributed by atoms with Gasteiger partial charge in [-0.25, -0.2) is 4.79 Å². The summed E-state index contributed by atoms with van der Waals surface area (Å²) < 4.78 is 4.57. The highest BCUT2D eigenvalue weighted by Gasteiger charge is 2.33. The molecule has 4 rings (SSSR count). The Morgan fingerprint density at radius 1 is 1.20 bits per heavy atom. The Morgan fingerprint density at radius 3 is 2.40 bits per heavy atom. The summed E-state index contributed by atoms with van der Waals surface area (Å²) in [5, 5.41) is 6.27. The number of amides is 1. The van der Waals surface area contributed by atoms with Crippen LogP contribution in [0.1, 0.15) is 12.8 Å². The second-order valence-electron chi connectivity index (χ2n) is 5.58. The number of nitrogens with one attached hydrogen (secondary N) is 2. The minimum Gasteiger partial charge on any atom is -0.453 e. The largest absolute Gasteiger partial charge is 0.453 e. The van der Waals surface area contributed by atoms with Gasteiger partial charge in [-0.15, -0.1) is 0 Å². The van der Waals surface area contributed by atoms with Crippen molar-refractivity contribution in [2.75, 3.05) is 37.4 Å². The Bertz CT molecular complexity index is 467. The van der Waals surface area contributed by atoms with Crippen LogP contribution in [0.4, 0.5) is 16.2 Å². The number of carbonyl (C=O) groups excluding carboxylic acids is 1. The summed E-state index contributed by atoms with van der Waals surface area (Å²) in [5.74, 6) is 0.799. The van der Waals surface area contributed by atoms with Gasteiger partial charge < -0.3 is 15.0 Å². The van der Waals surface area contributed by atoms with Crippen LogP contribution < -0.4 is 10.6 Å². The predicted molar refractivity (Wildman–Crippen MR) is 79.0 cm³/mol. The van der Waals surface area contributed by atoms with Gasteiger partial charge in [0.2, 0.25) is 0 Å². The molecule has 1 unspecified atom stereocenters. The number of carbonyl (C=O) groups is 1. The molecular weight excluding hydrogens is 254 g/mol. The SMILES string of the molecule is COC(=O)Nc1ccc(NC2CN3CCC2CC3)cc1. The van der Waals surface area contributed by atoms with E-state index in [2.05, 4.69) is 20.3 Å². The normalized spacial score (nSPS) is 27.9. The highest BCUT2D eigenvalue weighted by molar-refractivity contribution is 5.84. The molecule has 0 radical (unpaired) electrons. The quantitative estimate of drug-likeness (QED) is 0.889. The van der Waals surface area contributed by atoms with E-state index >= 15 is 0 Å². The van der Waals surface area contributed by atoms with Crippen molar-refractivity contribution in [3.63, 3.8) is 0 Å². The van der Waals surface area contributed by atoms with Crippen LogP contribution in [-0.4, -0.2) is 43.8 Å². The zero-order valence-corrected chi connectivity index (χ0v) is 11.8. The van der Waals surface area contributed by atoms with Gasteiger partial charge in [0, 0.05) is 24.0 Å². The summed E-state index contributed by atoms with van der Waals surface area (Å²) in [4.78, 5) is 13.6. The van der Waals surface area contributed by atoms with Crippen LogP contribution in [0, 0.1) is 5.92 Å². The number of methoxy groups -OCH3 is 1. The molecule has 5 nitrogen and oxygen atoms in total. The highest BCUT2D eigenvalue weighted by atomic mass is 16.5. The predicted octanol–water partition coefficient (Wildman–Crippen LogP) is 2.37. The number of nitrogens with zero attached hydrogens (tertiary/aromatic N) is 1. The van der Waals surface area contributed by atoms with Crippen LogP contribution >= 0.6 is 0 Å². The molecule has 0 aromatic heterocycles. The standard InChI is InChI=1S/C15H21N3O2/c1-20-15(19)17-13-4-2-12(3-5-13)16-14-10-18-8-6-11(14)7-9-18/h2-5,11,14,16H,6-10H2,1H3,(H,17,19). The van der Waals surface area contributed by atoms with Crippen molar-refractivity contribution < 1.29 is 9.53 Å². The third-order valence-corrected chi connectivity index (χ3v) is 4.32. The number of anilines is 2. The van der Waals surface area contributed by atoms with Crippen LogP contribution in [0.2, 0.25) is 0 Å². The minimum absolute atomic E-state index is 0.442. The molecule has 0 aliphatic carbocycles. The van der Waals surface area contributed by atoms with Gasteiger partial charge in [0.05, 0.1) is 7.11 Å². The topological polar surface area (TPSA) is 53.6 Å². The van der Waals surface area contributed by atoms with E-state index in [0.717, 1.165) is 23.8 Å². The fraction of sp³-hybridized carbons (Fsp3) is 0.533. The van der Waals surface area contributed by atoms with Gasteiger partial charge in [0.1, 0.15) is 0 Å². The van der Waals surface area contributed by atoms with Crippen molar-refractivity contribution in [3.05, 3.63) is 24.3 Å². The number of rotatable bonds is 3. The average Bonchev–Trinajstić information content (AvgIpc) is 2.50. The lowest BCUT2D eigenvalue weighted by Crippen LogP contribution is -2.53. The highest BCUT2D eigenvalue weighted by Crippen LogP contribution is 2.29.